The van der Waals surface area contributed by atoms with Crippen molar-refractivity contribution in [3.8, 4) is 0 Å². The first-order valence-corrected chi connectivity index (χ1v) is 4.50. The maximum atomic E-state index is 4.98. The Morgan fingerprint density at radius 2 is 2.00 bits per heavy atom. The molecule has 0 fully saturated rings. The van der Waals surface area contributed by atoms with E-state index in [1.54, 1.807) is 0 Å². The van der Waals surface area contributed by atoms with Gasteiger partial charge in [-0.15, -0.1) is 0 Å². The number of nitrogens with zero attached hydrogens (tertiary/aromatic N) is 2. The summed E-state index contributed by atoms with van der Waals surface area (Å²) in [6.45, 7) is 6.03. The molecule has 0 amide bonds. The van der Waals surface area contributed by atoms with Gasteiger partial charge in [-0.05, 0) is 6.92 Å². The summed E-state index contributed by atoms with van der Waals surface area (Å²) in [6.07, 6.45) is 0. The number of halogens is 1. The highest BCUT2D eigenvalue weighted by molar-refractivity contribution is 9.09. The van der Waals surface area contributed by atoms with Gasteiger partial charge in [0.25, 0.3) is 0 Å². The van der Waals surface area contributed by atoms with Crippen molar-refractivity contribution in [2.45, 2.75) is 31.5 Å². The van der Waals surface area contributed by atoms with E-state index >= 15 is 0 Å². The zero-order valence-corrected chi connectivity index (χ0v) is 8.42. The maximum absolute atomic E-state index is 4.98. The van der Waals surface area contributed by atoms with Crippen LogP contribution in [0, 0.1) is 0 Å². The maximum Gasteiger partial charge on any atom is 0.240 e. The first-order chi connectivity index (χ1) is 5.11. The minimum atomic E-state index is 0.141. The summed E-state index contributed by atoms with van der Waals surface area (Å²) >= 11 is 3.35. The van der Waals surface area contributed by atoms with Gasteiger partial charge in [-0.3, -0.25) is 0 Å². The first kappa shape index (κ1) is 8.71. The third-order valence-electron chi connectivity index (χ3n) is 1.31. The van der Waals surface area contributed by atoms with E-state index in [0.29, 0.717) is 11.8 Å². The van der Waals surface area contributed by atoms with Gasteiger partial charge in [-0.2, -0.15) is 4.98 Å². The van der Waals surface area contributed by atoms with E-state index in [-0.39, 0.29) is 4.83 Å². The minimum Gasteiger partial charge on any atom is -0.338 e. The van der Waals surface area contributed by atoms with Crippen LogP contribution in [0.2, 0.25) is 0 Å². The molecule has 3 nitrogen and oxygen atoms in total. The van der Waals surface area contributed by atoms with Gasteiger partial charge in [0.2, 0.25) is 5.89 Å². The average molecular weight is 219 g/mol. The molecule has 1 aromatic heterocycles. The van der Waals surface area contributed by atoms with Crippen molar-refractivity contribution in [2.75, 3.05) is 0 Å². The summed E-state index contributed by atoms with van der Waals surface area (Å²) in [5, 5.41) is 3.82. The second-order valence-corrected chi connectivity index (χ2v) is 4.14. The zero-order valence-electron chi connectivity index (χ0n) is 6.84. The molecule has 0 unspecified atom stereocenters. The minimum absolute atomic E-state index is 0.141. The van der Waals surface area contributed by atoms with Crippen LogP contribution in [0.3, 0.4) is 0 Å². The Bertz CT molecular complexity index is 210. The van der Waals surface area contributed by atoms with E-state index in [1.807, 2.05) is 20.8 Å². The smallest absolute Gasteiger partial charge is 0.240 e. The Labute approximate surface area is 74.3 Å². The summed E-state index contributed by atoms with van der Waals surface area (Å²) in [5.74, 6) is 1.75. The zero-order chi connectivity index (χ0) is 8.43. The van der Waals surface area contributed by atoms with Crippen LogP contribution in [0.4, 0.5) is 0 Å². The van der Waals surface area contributed by atoms with Gasteiger partial charge in [0.05, 0.1) is 4.83 Å². The average Bonchev–Trinajstić information content (AvgIpc) is 2.33. The lowest BCUT2D eigenvalue weighted by molar-refractivity contribution is 0.374. The number of rotatable bonds is 2. The summed E-state index contributed by atoms with van der Waals surface area (Å²) < 4.78 is 4.98. The Balaban J connectivity index is 2.82. The van der Waals surface area contributed by atoms with E-state index < -0.39 is 0 Å². The molecule has 0 bridgehead atoms. The largest absolute Gasteiger partial charge is 0.338 e. The number of hydrogen-bond acceptors (Lipinski definition) is 3. The Morgan fingerprint density at radius 1 is 1.36 bits per heavy atom. The molecule has 0 aliphatic rings. The molecular formula is C7H11BrN2O. The third-order valence-corrected chi connectivity index (χ3v) is 1.71. The summed E-state index contributed by atoms with van der Waals surface area (Å²) in [5.41, 5.74) is 0. The van der Waals surface area contributed by atoms with Gasteiger partial charge in [0, 0.05) is 5.92 Å². The molecule has 4 heteroatoms. The van der Waals surface area contributed by atoms with Crippen molar-refractivity contribution in [2.24, 2.45) is 0 Å². The van der Waals surface area contributed by atoms with Crippen molar-refractivity contribution in [1.82, 2.24) is 10.1 Å². The van der Waals surface area contributed by atoms with Crippen LogP contribution in [0.5, 0.6) is 0 Å². The second kappa shape index (κ2) is 3.34. The van der Waals surface area contributed by atoms with Crippen LogP contribution in [0.1, 0.15) is 43.2 Å². The van der Waals surface area contributed by atoms with Gasteiger partial charge in [-0.25, -0.2) is 0 Å². The van der Waals surface area contributed by atoms with Crippen LogP contribution in [-0.4, -0.2) is 10.1 Å². The topological polar surface area (TPSA) is 38.9 Å². The second-order valence-electron chi connectivity index (χ2n) is 2.76. The molecule has 0 N–H and O–H groups in total. The van der Waals surface area contributed by atoms with Crippen molar-refractivity contribution < 1.29 is 4.52 Å². The first-order valence-electron chi connectivity index (χ1n) is 3.59. The fourth-order valence-corrected chi connectivity index (χ4v) is 0.829. The van der Waals surface area contributed by atoms with Gasteiger partial charge in [0.15, 0.2) is 5.82 Å². The lowest BCUT2D eigenvalue weighted by Crippen LogP contribution is -1.90. The molecule has 0 saturated heterocycles. The highest BCUT2D eigenvalue weighted by atomic mass is 79.9. The molecule has 0 aromatic carbocycles. The van der Waals surface area contributed by atoms with Gasteiger partial charge >= 0.3 is 0 Å². The van der Waals surface area contributed by atoms with Crippen molar-refractivity contribution in [1.29, 1.82) is 0 Å². The van der Waals surface area contributed by atoms with Gasteiger partial charge in [0.1, 0.15) is 0 Å². The Morgan fingerprint density at radius 3 is 2.27 bits per heavy atom. The van der Waals surface area contributed by atoms with Gasteiger partial charge < -0.3 is 4.52 Å². The standard InChI is InChI=1S/C7H11BrN2O/c1-4(2)6-9-7(5(3)8)11-10-6/h4-5H,1-3H3/t5-/m1/s1. The lowest BCUT2D eigenvalue weighted by atomic mass is 10.2. The van der Waals surface area contributed by atoms with Crippen molar-refractivity contribution in [3.63, 3.8) is 0 Å². The van der Waals surface area contributed by atoms with Crippen molar-refractivity contribution in [3.05, 3.63) is 11.7 Å². The highest BCUT2D eigenvalue weighted by Gasteiger charge is 2.12. The van der Waals surface area contributed by atoms with E-state index in [4.69, 9.17) is 4.52 Å². The van der Waals surface area contributed by atoms with Crippen LogP contribution in [0.15, 0.2) is 4.52 Å². The molecule has 1 heterocycles. The third kappa shape index (κ3) is 2.02. The molecule has 1 aromatic rings. The van der Waals surface area contributed by atoms with E-state index in [9.17, 15) is 0 Å². The molecule has 1 atom stereocenters. The molecule has 11 heavy (non-hydrogen) atoms. The van der Waals surface area contributed by atoms with E-state index in [2.05, 4.69) is 26.1 Å². The fourth-order valence-electron chi connectivity index (χ4n) is 0.643. The van der Waals surface area contributed by atoms with E-state index in [0.717, 1.165) is 5.82 Å². The lowest BCUT2D eigenvalue weighted by Gasteiger charge is -1.93. The van der Waals surface area contributed by atoms with Crippen LogP contribution in [-0.2, 0) is 0 Å². The molecule has 0 radical (unpaired) electrons. The van der Waals surface area contributed by atoms with Gasteiger partial charge in [-0.1, -0.05) is 34.9 Å². The molecule has 0 aliphatic carbocycles. The summed E-state index contributed by atoms with van der Waals surface area (Å²) in [7, 11) is 0. The number of alkyl halides is 1. The fraction of sp³-hybridized carbons (Fsp3) is 0.714. The molecule has 0 saturated carbocycles. The summed E-state index contributed by atoms with van der Waals surface area (Å²) in [6, 6.07) is 0. The van der Waals surface area contributed by atoms with E-state index in [1.165, 1.54) is 0 Å². The molecule has 0 spiro atoms. The number of aromatic nitrogens is 2. The van der Waals surface area contributed by atoms with Crippen LogP contribution >= 0.6 is 15.9 Å². The highest BCUT2D eigenvalue weighted by Crippen LogP contribution is 2.20. The van der Waals surface area contributed by atoms with Crippen LogP contribution < -0.4 is 0 Å². The Hall–Kier alpha value is -0.380. The molecular weight excluding hydrogens is 208 g/mol. The predicted octanol–water partition coefficient (Wildman–Crippen LogP) is 2.65. The quantitative estimate of drug-likeness (QED) is 0.717. The Kier molecular flexibility index (Phi) is 2.65. The monoisotopic (exact) mass is 218 g/mol. The molecule has 62 valence electrons. The normalized spacial score (nSPS) is 13.9. The summed E-state index contributed by atoms with van der Waals surface area (Å²) in [4.78, 5) is 4.33. The molecule has 1 rings (SSSR count). The number of hydrogen-bond donors (Lipinski definition) is 0. The SMILES string of the molecule is CC(C)c1noc([C@@H](C)Br)n1. The molecule has 0 aliphatic heterocycles. The van der Waals surface area contributed by atoms with Crippen molar-refractivity contribution >= 4 is 15.9 Å². The predicted molar refractivity (Wildman–Crippen MR) is 45.7 cm³/mol. The van der Waals surface area contributed by atoms with Crippen LogP contribution in [0.25, 0.3) is 0 Å².